The summed E-state index contributed by atoms with van der Waals surface area (Å²) in [6.07, 6.45) is 0.969. The van der Waals surface area contributed by atoms with Gasteiger partial charge in [0.15, 0.2) is 11.0 Å². The second kappa shape index (κ2) is 7.47. The second-order valence-electron chi connectivity index (χ2n) is 3.49. The van der Waals surface area contributed by atoms with Crippen molar-refractivity contribution in [2.24, 2.45) is 0 Å². The number of oxazole rings is 1. The average Bonchev–Trinajstić information content (AvgIpc) is 2.62. The quantitative estimate of drug-likeness (QED) is 0.536. The number of rotatable bonds is 6. The van der Waals surface area contributed by atoms with Crippen LogP contribution in [0.3, 0.4) is 0 Å². The molecule has 0 fully saturated rings. The van der Waals surface area contributed by atoms with E-state index in [1.165, 1.54) is 0 Å². The van der Waals surface area contributed by atoms with E-state index in [1.807, 2.05) is 0 Å². The zero-order valence-corrected chi connectivity index (χ0v) is 11.5. The lowest BCUT2D eigenvalue weighted by Crippen LogP contribution is -2.34. The van der Waals surface area contributed by atoms with Crippen molar-refractivity contribution in [1.29, 1.82) is 0 Å². The van der Waals surface area contributed by atoms with Gasteiger partial charge in [-0.2, -0.15) is 0 Å². The molecule has 0 saturated heterocycles. The molecule has 17 heavy (non-hydrogen) atoms. The average molecular weight is 277 g/mol. The Hall–Kier alpha value is -0.850. The Balaban J connectivity index is 2.08. The van der Waals surface area contributed by atoms with Crippen LogP contribution in [0, 0.1) is 6.92 Å². The van der Waals surface area contributed by atoms with Crippen LogP contribution in [0.4, 0.5) is 0 Å². The highest BCUT2D eigenvalue weighted by Gasteiger charge is 2.07. The van der Waals surface area contributed by atoms with E-state index in [9.17, 15) is 0 Å². The van der Waals surface area contributed by atoms with Gasteiger partial charge < -0.3 is 20.4 Å². The molecule has 0 spiro atoms. The minimum absolute atomic E-state index is 0.365. The van der Waals surface area contributed by atoms with E-state index in [2.05, 4.69) is 20.9 Å². The van der Waals surface area contributed by atoms with Crippen molar-refractivity contribution >= 4 is 28.9 Å². The first-order valence-electron chi connectivity index (χ1n) is 5.41. The lowest BCUT2D eigenvalue weighted by Gasteiger charge is -2.06. The van der Waals surface area contributed by atoms with E-state index in [4.69, 9.17) is 28.2 Å². The van der Waals surface area contributed by atoms with E-state index >= 15 is 0 Å². The van der Waals surface area contributed by atoms with Crippen LogP contribution in [-0.4, -0.2) is 30.2 Å². The molecule has 3 N–H and O–H groups in total. The fraction of sp³-hybridized carbons (Fsp3) is 0.600. The monoisotopic (exact) mass is 276 g/mol. The van der Waals surface area contributed by atoms with Gasteiger partial charge in [-0.3, -0.25) is 0 Å². The zero-order valence-electron chi connectivity index (χ0n) is 9.97. The summed E-state index contributed by atoms with van der Waals surface area (Å²) in [6, 6.07) is 0. The molecule has 7 heteroatoms. The summed E-state index contributed by atoms with van der Waals surface area (Å²) in [4.78, 5) is 4.16. The molecule has 0 unspecified atom stereocenters. The maximum atomic E-state index is 5.84. The van der Waals surface area contributed by atoms with Crippen molar-refractivity contribution in [2.45, 2.75) is 19.9 Å². The van der Waals surface area contributed by atoms with E-state index in [0.29, 0.717) is 22.8 Å². The number of aryl methyl sites for hydroxylation is 1. The Morgan fingerprint density at radius 3 is 2.82 bits per heavy atom. The number of nitrogens with one attached hydrogen (secondary N) is 3. The fourth-order valence-electron chi connectivity index (χ4n) is 1.26. The minimum atomic E-state index is 0.365. The van der Waals surface area contributed by atoms with Gasteiger partial charge in [0.2, 0.25) is 5.22 Å². The van der Waals surface area contributed by atoms with Crippen molar-refractivity contribution in [3.05, 3.63) is 16.8 Å². The summed E-state index contributed by atoms with van der Waals surface area (Å²) in [6.45, 7) is 4.09. The number of nitrogens with zero attached hydrogens (tertiary/aromatic N) is 1. The van der Waals surface area contributed by atoms with Gasteiger partial charge in [-0.1, -0.05) is 0 Å². The van der Waals surface area contributed by atoms with E-state index in [1.54, 1.807) is 14.0 Å². The van der Waals surface area contributed by atoms with Crippen LogP contribution in [0.1, 0.15) is 18.0 Å². The van der Waals surface area contributed by atoms with Crippen LogP contribution >= 0.6 is 23.8 Å². The van der Waals surface area contributed by atoms with Crippen molar-refractivity contribution in [3.63, 3.8) is 0 Å². The number of aromatic nitrogens is 1. The highest BCUT2D eigenvalue weighted by Crippen LogP contribution is 2.15. The summed E-state index contributed by atoms with van der Waals surface area (Å²) in [5.41, 5.74) is 0.753. The van der Waals surface area contributed by atoms with Gasteiger partial charge in [0, 0.05) is 27.1 Å². The summed E-state index contributed by atoms with van der Waals surface area (Å²) in [5, 5.41) is 10.2. The molecule has 0 atom stereocenters. The Kier molecular flexibility index (Phi) is 6.25. The highest BCUT2D eigenvalue weighted by atomic mass is 35.5. The summed E-state index contributed by atoms with van der Waals surface area (Å²) in [5.74, 6) is 0.591. The summed E-state index contributed by atoms with van der Waals surface area (Å²) >= 11 is 10.8. The van der Waals surface area contributed by atoms with Crippen molar-refractivity contribution in [1.82, 2.24) is 20.9 Å². The SMILES string of the molecule is CNC(=S)NCCCNCc1nc(C)oc1Cl. The van der Waals surface area contributed by atoms with Crippen LogP contribution in [0.15, 0.2) is 4.42 Å². The Bertz CT molecular complexity index is 369. The third kappa shape index (κ3) is 5.34. The van der Waals surface area contributed by atoms with Crippen molar-refractivity contribution in [2.75, 3.05) is 20.1 Å². The topological polar surface area (TPSA) is 62.1 Å². The minimum Gasteiger partial charge on any atom is -0.429 e. The molecule has 96 valence electrons. The molecule has 0 amide bonds. The molecule has 5 nitrogen and oxygen atoms in total. The van der Waals surface area contributed by atoms with Gasteiger partial charge in [0.1, 0.15) is 5.69 Å². The first-order chi connectivity index (χ1) is 8.13. The molecule has 0 aliphatic carbocycles. The summed E-state index contributed by atoms with van der Waals surface area (Å²) < 4.78 is 5.12. The number of halogens is 1. The van der Waals surface area contributed by atoms with Crippen LogP contribution in [0.5, 0.6) is 0 Å². The van der Waals surface area contributed by atoms with Gasteiger partial charge in [-0.05, 0) is 36.8 Å². The zero-order chi connectivity index (χ0) is 12.7. The van der Waals surface area contributed by atoms with Gasteiger partial charge in [-0.25, -0.2) is 4.98 Å². The van der Waals surface area contributed by atoms with Gasteiger partial charge in [0.05, 0.1) is 0 Å². The normalized spacial score (nSPS) is 10.3. The Morgan fingerprint density at radius 1 is 1.47 bits per heavy atom. The standard InChI is InChI=1S/C10H17ClN4OS/c1-7-15-8(9(11)16-7)6-13-4-3-5-14-10(17)12-2/h13H,3-6H2,1-2H3,(H2,12,14,17). The Labute approximate surface area is 111 Å². The molecule has 0 aliphatic rings. The first kappa shape index (κ1) is 14.2. The predicted molar refractivity (Wildman–Crippen MR) is 72.2 cm³/mol. The molecular weight excluding hydrogens is 260 g/mol. The highest BCUT2D eigenvalue weighted by molar-refractivity contribution is 7.80. The van der Waals surface area contributed by atoms with E-state index < -0.39 is 0 Å². The van der Waals surface area contributed by atoms with Crippen molar-refractivity contribution in [3.8, 4) is 0 Å². The smallest absolute Gasteiger partial charge is 0.218 e. The van der Waals surface area contributed by atoms with Crippen LogP contribution in [0.25, 0.3) is 0 Å². The number of hydrogen-bond acceptors (Lipinski definition) is 4. The lowest BCUT2D eigenvalue weighted by molar-refractivity contribution is 0.521. The summed E-state index contributed by atoms with van der Waals surface area (Å²) in [7, 11) is 1.79. The predicted octanol–water partition coefficient (Wildman–Crippen LogP) is 1.21. The maximum absolute atomic E-state index is 5.84. The van der Waals surface area contributed by atoms with E-state index in [-0.39, 0.29) is 0 Å². The number of thiocarbonyl (C=S) groups is 1. The molecule has 0 aromatic carbocycles. The molecule has 1 aromatic rings. The molecular formula is C10H17ClN4OS. The van der Waals surface area contributed by atoms with Crippen LogP contribution < -0.4 is 16.0 Å². The second-order valence-corrected chi connectivity index (χ2v) is 4.24. The number of hydrogen-bond donors (Lipinski definition) is 3. The molecule has 1 heterocycles. The molecule has 1 aromatic heterocycles. The molecule has 0 aliphatic heterocycles. The van der Waals surface area contributed by atoms with Gasteiger partial charge in [0.25, 0.3) is 0 Å². The first-order valence-corrected chi connectivity index (χ1v) is 6.20. The Morgan fingerprint density at radius 2 is 2.24 bits per heavy atom. The van der Waals surface area contributed by atoms with Crippen LogP contribution in [0.2, 0.25) is 5.22 Å². The lowest BCUT2D eigenvalue weighted by atomic mass is 10.4. The molecule has 0 radical (unpaired) electrons. The van der Waals surface area contributed by atoms with Gasteiger partial charge in [-0.15, -0.1) is 0 Å². The largest absolute Gasteiger partial charge is 0.429 e. The fourth-order valence-corrected chi connectivity index (χ4v) is 1.59. The maximum Gasteiger partial charge on any atom is 0.218 e. The van der Waals surface area contributed by atoms with E-state index in [0.717, 1.165) is 25.2 Å². The third-order valence-corrected chi connectivity index (χ3v) is 2.74. The van der Waals surface area contributed by atoms with Gasteiger partial charge >= 0.3 is 0 Å². The molecule has 1 rings (SSSR count). The van der Waals surface area contributed by atoms with Crippen LogP contribution in [-0.2, 0) is 6.54 Å². The third-order valence-electron chi connectivity index (χ3n) is 2.09. The molecule has 0 bridgehead atoms. The van der Waals surface area contributed by atoms with Crippen molar-refractivity contribution < 1.29 is 4.42 Å². The molecule has 0 saturated carbocycles.